The number of rotatable bonds is 7. The van der Waals surface area contributed by atoms with Gasteiger partial charge in [0.25, 0.3) is 5.91 Å². The van der Waals surface area contributed by atoms with Crippen LogP contribution in [0.2, 0.25) is 0 Å². The van der Waals surface area contributed by atoms with E-state index in [9.17, 15) is 20.1 Å². The topological polar surface area (TPSA) is 115 Å². The molecule has 5 rings (SSSR count). The monoisotopic (exact) mass is 494 g/mol. The number of nitrogens with zero attached hydrogens (tertiary/aromatic N) is 1. The van der Waals surface area contributed by atoms with Crippen LogP contribution in [0.25, 0.3) is 0 Å². The van der Waals surface area contributed by atoms with Crippen molar-refractivity contribution in [2.45, 2.75) is 83.3 Å². The molecule has 192 valence electrons. The Labute approximate surface area is 211 Å². The van der Waals surface area contributed by atoms with E-state index in [-0.39, 0.29) is 45.7 Å². The van der Waals surface area contributed by atoms with E-state index >= 15 is 0 Å². The molecule has 3 heterocycles. The van der Waals surface area contributed by atoms with Gasteiger partial charge in [-0.15, -0.1) is 0 Å². The molecule has 8 nitrogen and oxygen atoms in total. The van der Waals surface area contributed by atoms with Gasteiger partial charge in [0, 0.05) is 18.6 Å². The molecule has 36 heavy (non-hydrogen) atoms. The Morgan fingerprint density at radius 2 is 1.86 bits per heavy atom. The van der Waals surface area contributed by atoms with Crippen molar-refractivity contribution in [1.82, 2.24) is 0 Å². The van der Waals surface area contributed by atoms with Crippen LogP contribution in [-0.4, -0.2) is 44.8 Å². The lowest BCUT2D eigenvalue weighted by Crippen LogP contribution is -2.58. The molecule has 2 fully saturated rings. The minimum absolute atomic E-state index is 0.0221. The molecule has 1 amide bonds. The van der Waals surface area contributed by atoms with Crippen LogP contribution >= 0.6 is 0 Å². The molecule has 3 unspecified atom stereocenters. The quantitative estimate of drug-likeness (QED) is 0.169. The molecule has 8 heteroatoms. The zero-order chi connectivity index (χ0) is 25.8. The third-order valence-electron chi connectivity index (χ3n) is 7.53. The summed E-state index contributed by atoms with van der Waals surface area (Å²) < 4.78 is 12.0. The zero-order valence-electron chi connectivity index (χ0n) is 21.2. The van der Waals surface area contributed by atoms with Crippen LogP contribution in [-0.2, 0) is 9.47 Å². The molecule has 0 radical (unpaired) electrons. The molecule has 4 N–H and O–H groups in total. The Morgan fingerprint density at radius 1 is 1.14 bits per heavy atom. The summed E-state index contributed by atoms with van der Waals surface area (Å²) >= 11 is 0. The number of carbonyl (C=O) groups excluding carboxylic acids is 1. The van der Waals surface area contributed by atoms with Crippen LogP contribution in [0, 0.1) is 0 Å². The Balaban J connectivity index is 1.30. The number of aromatic hydroxyl groups is 3. The number of phenolic OH excluding ortho intramolecular Hbond substituents is 3. The molecule has 0 aromatic heterocycles. The van der Waals surface area contributed by atoms with Gasteiger partial charge in [-0.2, -0.15) is 0 Å². The van der Waals surface area contributed by atoms with E-state index in [1.54, 1.807) is 12.1 Å². The highest BCUT2D eigenvalue weighted by atomic mass is 16.6. The van der Waals surface area contributed by atoms with Gasteiger partial charge in [-0.3, -0.25) is 9.69 Å². The molecule has 0 spiro atoms. The minimum Gasteiger partial charge on any atom is -0.508 e. The summed E-state index contributed by atoms with van der Waals surface area (Å²) in [7, 11) is 0. The third-order valence-corrected chi connectivity index (χ3v) is 7.53. The molecule has 3 aliphatic rings. The molecule has 0 saturated carbocycles. The smallest absolute Gasteiger partial charge is 0.262 e. The lowest BCUT2D eigenvalue weighted by molar-refractivity contribution is -0.194. The van der Waals surface area contributed by atoms with Crippen molar-refractivity contribution in [3.63, 3.8) is 0 Å². The first-order chi connectivity index (χ1) is 17.0. The van der Waals surface area contributed by atoms with Crippen LogP contribution in [0.4, 0.5) is 17.1 Å². The summed E-state index contributed by atoms with van der Waals surface area (Å²) in [6, 6.07) is 7.28. The number of phenols is 3. The van der Waals surface area contributed by atoms with Crippen molar-refractivity contribution in [3.8, 4) is 17.2 Å². The predicted octanol–water partition coefficient (Wildman–Crippen LogP) is 5.70. The number of epoxide rings is 1. The van der Waals surface area contributed by atoms with Gasteiger partial charge in [0.15, 0.2) is 0 Å². The van der Waals surface area contributed by atoms with Crippen molar-refractivity contribution in [3.05, 3.63) is 47.5 Å². The molecular formula is C28H34N2O6. The van der Waals surface area contributed by atoms with Crippen LogP contribution in [0.5, 0.6) is 17.2 Å². The summed E-state index contributed by atoms with van der Waals surface area (Å²) in [6.45, 7) is 8.42. The zero-order valence-corrected chi connectivity index (χ0v) is 21.2. The average Bonchev–Trinajstić information content (AvgIpc) is 3.43. The molecule has 2 aromatic carbocycles. The maximum atomic E-state index is 13.6. The van der Waals surface area contributed by atoms with Crippen molar-refractivity contribution < 1.29 is 29.6 Å². The van der Waals surface area contributed by atoms with Crippen LogP contribution in [0.1, 0.15) is 70.2 Å². The van der Waals surface area contributed by atoms with Gasteiger partial charge in [0.05, 0.1) is 34.2 Å². The van der Waals surface area contributed by atoms with E-state index in [1.165, 1.54) is 28.7 Å². The highest BCUT2D eigenvalue weighted by Crippen LogP contribution is 2.49. The van der Waals surface area contributed by atoms with Crippen LogP contribution < -0.4 is 10.2 Å². The highest BCUT2D eigenvalue weighted by Gasteiger charge is 2.48. The standard InChI is InChI=1S/C28H34N2O6/c1-16(10-11-22-27(2,3)35-22)7-6-12-28(4)15-23(36-28)30-19-13-17(31)14-21(33)25(19)29-24-18(26(30)34)8-5-9-20(24)32/h5,7-9,13-14,22-23,29,31-33H,6,10-12,15H2,1-4H3/b16-7+. The second-order valence-corrected chi connectivity index (χ2v) is 10.9. The van der Waals surface area contributed by atoms with Gasteiger partial charge in [-0.25, -0.2) is 0 Å². The molecular weight excluding hydrogens is 460 g/mol. The predicted molar refractivity (Wildman–Crippen MR) is 137 cm³/mol. The second kappa shape index (κ2) is 8.71. The van der Waals surface area contributed by atoms with Gasteiger partial charge in [-0.1, -0.05) is 17.7 Å². The first kappa shape index (κ1) is 24.5. The number of benzene rings is 2. The number of fused-ring (bicyclic) bond motifs is 2. The number of anilines is 3. The fourth-order valence-corrected chi connectivity index (χ4v) is 5.23. The largest absolute Gasteiger partial charge is 0.508 e. The van der Waals surface area contributed by atoms with E-state index in [4.69, 9.17) is 9.47 Å². The maximum Gasteiger partial charge on any atom is 0.262 e. The molecule has 3 aliphatic heterocycles. The minimum atomic E-state index is -0.572. The summed E-state index contributed by atoms with van der Waals surface area (Å²) in [4.78, 5) is 15.1. The highest BCUT2D eigenvalue weighted by molar-refractivity contribution is 6.15. The fraction of sp³-hybridized carbons (Fsp3) is 0.464. The van der Waals surface area contributed by atoms with E-state index in [0.29, 0.717) is 18.2 Å². The van der Waals surface area contributed by atoms with Crippen molar-refractivity contribution >= 4 is 23.0 Å². The van der Waals surface area contributed by atoms with Crippen molar-refractivity contribution in [1.29, 1.82) is 0 Å². The molecule has 2 aromatic rings. The molecule has 0 aliphatic carbocycles. The first-order valence-electron chi connectivity index (χ1n) is 12.5. The molecule has 2 saturated heterocycles. The summed E-state index contributed by atoms with van der Waals surface area (Å²) in [5, 5.41) is 34.1. The third kappa shape index (κ3) is 4.51. The summed E-state index contributed by atoms with van der Waals surface area (Å²) in [5.41, 5.74) is 1.93. The SMILES string of the molecule is C/C(=C\CCC1(C)CC(N2C(=O)c3cccc(O)c3Nc3c(O)cc(O)cc32)O1)CCC1OC1(C)C. The van der Waals surface area contributed by atoms with Crippen LogP contribution in [0.3, 0.4) is 0 Å². The number of ether oxygens (including phenoxy) is 2. The number of amides is 1. The number of para-hydroxylation sites is 1. The molecule has 0 bridgehead atoms. The molecule has 3 atom stereocenters. The number of nitrogens with one attached hydrogen (secondary N) is 1. The summed E-state index contributed by atoms with van der Waals surface area (Å²) in [5.74, 6) is -0.907. The number of hydrogen-bond acceptors (Lipinski definition) is 7. The van der Waals surface area contributed by atoms with E-state index in [0.717, 1.165) is 25.7 Å². The van der Waals surface area contributed by atoms with Gasteiger partial charge >= 0.3 is 0 Å². The average molecular weight is 495 g/mol. The Hall–Kier alpha value is -3.23. The fourth-order valence-electron chi connectivity index (χ4n) is 5.23. The van der Waals surface area contributed by atoms with Crippen molar-refractivity contribution in [2.24, 2.45) is 0 Å². The lowest BCUT2D eigenvalue weighted by Gasteiger charge is -2.49. The number of allylic oxidation sites excluding steroid dienone is 2. The summed E-state index contributed by atoms with van der Waals surface area (Å²) in [6.07, 6.45) is 6.35. The van der Waals surface area contributed by atoms with Gasteiger partial charge < -0.3 is 30.1 Å². The van der Waals surface area contributed by atoms with Crippen molar-refractivity contribution in [2.75, 3.05) is 10.2 Å². The van der Waals surface area contributed by atoms with Gasteiger partial charge in [-0.05, 0) is 65.5 Å². The lowest BCUT2D eigenvalue weighted by atomic mass is 9.88. The maximum absolute atomic E-state index is 13.6. The van der Waals surface area contributed by atoms with E-state index < -0.39 is 11.8 Å². The van der Waals surface area contributed by atoms with Crippen LogP contribution in [0.15, 0.2) is 42.0 Å². The number of carbonyl (C=O) groups is 1. The first-order valence-corrected chi connectivity index (χ1v) is 12.5. The Morgan fingerprint density at radius 3 is 2.56 bits per heavy atom. The number of hydrogen-bond donors (Lipinski definition) is 4. The second-order valence-electron chi connectivity index (χ2n) is 10.9. The Kier molecular flexibility index (Phi) is 5.92. The van der Waals surface area contributed by atoms with E-state index in [1.807, 2.05) is 6.92 Å². The normalized spacial score (nSPS) is 26.4. The van der Waals surface area contributed by atoms with Gasteiger partial charge in [0.2, 0.25) is 0 Å². The Bertz CT molecular complexity index is 1230. The van der Waals surface area contributed by atoms with E-state index in [2.05, 4.69) is 32.2 Å². The van der Waals surface area contributed by atoms with Gasteiger partial charge in [0.1, 0.15) is 29.2 Å².